The van der Waals surface area contributed by atoms with Gasteiger partial charge < -0.3 is 15.5 Å². The number of aryl methyl sites for hydroxylation is 1. The number of likely N-dealkylation sites (tertiary alicyclic amines) is 2. The Labute approximate surface area is 203 Å². The van der Waals surface area contributed by atoms with Gasteiger partial charge in [-0.05, 0) is 63.2 Å². The van der Waals surface area contributed by atoms with E-state index in [9.17, 15) is 4.39 Å². The van der Waals surface area contributed by atoms with Crippen LogP contribution in [0.25, 0.3) is 5.70 Å². The van der Waals surface area contributed by atoms with Crippen LogP contribution in [0, 0.1) is 5.82 Å². The fraction of sp³-hybridized carbons (Fsp3) is 0.481. The molecule has 2 fully saturated rings. The second kappa shape index (κ2) is 10.6. The number of nitrogens with two attached hydrogens (primary N) is 1. The van der Waals surface area contributed by atoms with Crippen LogP contribution in [-0.4, -0.2) is 59.1 Å². The maximum atomic E-state index is 14.8. The molecule has 7 heteroatoms. The van der Waals surface area contributed by atoms with Crippen molar-refractivity contribution in [3.05, 3.63) is 65.4 Å². The van der Waals surface area contributed by atoms with Gasteiger partial charge in [-0.1, -0.05) is 25.6 Å². The highest BCUT2D eigenvalue weighted by atomic mass is 19.1. The van der Waals surface area contributed by atoms with Crippen LogP contribution >= 0.6 is 0 Å². The Bertz CT molecular complexity index is 1030. The lowest BCUT2D eigenvalue weighted by Crippen LogP contribution is -2.38. The fourth-order valence-electron chi connectivity index (χ4n) is 5.28. The zero-order valence-electron chi connectivity index (χ0n) is 20.5. The summed E-state index contributed by atoms with van der Waals surface area (Å²) >= 11 is 0. The van der Waals surface area contributed by atoms with Gasteiger partial charge in [0.05, 0.1) is 0 Å². The Morgan fingerprint density at radius 1 is 1.29 bits per heavy atom. The molecule has 2 atom stereocenters. The molecule has 3 heterocycles. The van der Waals surface area contributed by atoms with Gasteiger partial charge in [0.1, 0.15) is 11.7 Å². The van der Waals surface area contributed by atoms with Crippen LogP contribution in [-0.2, 0) is 6.42 Å². The Morgan fingerprint density at radius 3 is 2.82 bits per heavy atom. The number of hydrogen-bond acceptors (Lipinski definition) is 6. The molecule has 4 rings (SSSR count). The quantitative estimate of drug-likeness (QED) is 0.620. The molecule has 0 aliphatic carbocycles. The molecule has 3 aliphatic rings. The van der Waals surface area contributed by atoms with Gasteiger partial charge in [-0.2, -0.15) is 5.10 Å². The maximum absolute atomic E-state index is 14.8. The number of hydrazone groups is 1. The van der Waals surface area contributed by atoms with Crippen LogP contribution in [0.1, 0.15) is 57.1 Å². The van der Waals surface area contributed by atoms with Crippen molar-refractivity contribution in [3.63, 3.8) is 0 Å². The summed E-state index contributed by atoms with van der Waals surface area (Å²) in [5.41, 5.74) is 9.63. The van der Waals surface area contributed by atoms with Crippen molar-refractivity contribution in [1.29, 1.82) is 0 Å². The number of nitrogens with zero attached hydrogens (tertiary/aromatic N) is 5. The molecular formula is C27H37FN6. The third-order valence-electron chi connectivity index (χ3n) is 7.12. The van der Waals surface area contributed by atoms with Gasteiger partial charge in [0.15, 0.2) is 5.82 Å². The number of amidine groups is 1. The molecule has 0 bridgehead atoms. The maximum Gasteiger partial charge on any atom is 0.151 e. The number of hydrogen-bond donors (Lipinski definition) is 1. The largest absolute Gasteiger partial charge is 0.368 e. The van der Waals surface area contributed by atoms with E-state index >= 15 is 0 Å². The first-order chi connectivity index (χ1) is 16.4. The molecule has 182 valence electrons. The van der Waals surface area contributed by atoms with E-state index in [1.54, 1.807) is 11.1 Å². The monoisotopic (exact) mass is 464 g/mol. The van der Waals surface area contributed by atoms with Crippen molar-refractivity contribution in [1.82, 2.24) is 14.8 Å². The molecule has 3 aliphatic heterocycles. The second-order valence-electron chi connectivity index (χ2n) is 9.44. The molecule has 0 aromatic heterocycles. The lowest BCUT2D eigenvalue weighted by atomic mass is 9.95. The topological polar surface area (TPSA) is 60.5 Å². The van der Waals surface area contributed by atoms with Gasteiger partial charge in [0, 0.05) is 61.5 Å². The molecule has 0 unspecified atom stereocenters. The number of aliphatic imine (C=N–C) groups is 1. The van der Waals surface area contributed by atoms with E-state index in [-0.39, 0.29) is 17.9 Å². The molecule has 2 N–H and O–H groups in total. The molecule has 0 amide bonds. The second-order valence-corrected chi connectivity index (χ2v) is 9.44. The van der Waals surface area contributed by atoms with Crippen molar-refractivity contribution in [2.24, 2.45) is 15.8 Å². The summed E-state index contributed by atoms with van der Waals surface area (Å²) in [6.45, 7) is 14.8. The molecule has 0 radical (unpaired) electrons. The van der Waals surface area contributed by atoms with Crippen molar-refractivity contribution >= 4 is 18.3 Å². The number of benzene rings is 1. The summed E-state index contributed by atoms with van der Waals surface area (Å²) in [6, 6.07) is 5.73. The normalized spacial score (nSPS) is 24.4. The Morgan fingerprint density at radius 2 is 2.12 bits per heavy atom. The van der Waals surface area contributed by atoms with E-state index in [1.807, 2.05) is 19.2 Å². The smallest absolute Gasteiger partial charge is 0.151 e. The standard InChI is InChI=1S/C27H37FN6/c1-5-21-9-8-11-24(28)26(21)20(3)33-15-7-6-10-23(33)12-13-25-31-27(19(2)17-34(25)30-4)32-16-14-22(29)18-32/h8-9,11,13,17,22-23H,3-7,10,12,14-16,18,29H2,1-2H3/b25-13-/t22-,23-/m0/s1. The molecule has 34 heavy (non-hydrogen) atoms. The van der Waals surface area contributed by atoms with Crippen molar-refractivity contribution < 1.29 is 4.39 Å². The molecule has 1 aromatic rings. The van der Waals surface area contributed by atoms with Crippen LogP contribution in [0.4, 0.5) is 4.39 Å². The zero-order valence-corrected chi connectivity index (χ0v) is 20.5. The van der Waals surface area contributed by atoms with Crippen LogP contribution in [0.5, 0.6) is 0 Å². The Hall–Kier alpha value is -2.93. The summed E-state index contributed by atoms with van der Waals surface area (Å²) < 4.78 is 14.8. The van der Waals surface area contributed by atoms with Crippen molar-refractivity contribution in [2.45, 2.75) is 64.5 Å². The summed E-state index contributed by atoms with van der Waals surface area (Å²) in [6.07, 6.45) is 9.91. The van der Waals surface area contributed by atoms with Gasteiger partial charge in [0.2, 0.25) is 0 Å². The highest BCUT2D eigenvalue weighted by molar-refractivity contribution is 5.99. The van der Waals surface area contributed by atoms with E-state index in [0.717, 1.165) is 86.6 Å². The van der Waals surface area contributed by atoms with Crippen LogP contribution in [0.15, 0.2) is 58.5 Å². The number of piperidine rings is 1. The highest BCUT2D eigenvalue weighted by Crippen LogP contribution is 2.32. The van der Waals surface area contributed by atoms with Crippen molar-refractivity contribution in [3.8, 4) is 0 Å². The zero-order chi connectivity index (χ0) is 24.2. The summed E-state index contributed by atoms with van der Waals surface area (Å²) in [4.78, 5) is 9.50. The molecule has 0 spiro atoms. The van der Waals surface area contributed by atoms with Crippen LogP contribution in [0.2, 0.25) is 0 Å². The van der Waals surface area contributed by atoms with Crippen molar-refractivity contribution in [2.75, 3.05) is 19.6 Å². The third kappa shape index (κ3) is 4.94. The van der Waals surface area contributed by atoms with Crippen LogP contribution in [0.3, 0.4) is 0 Å². The number of halogens is 1. The lowest BCUT2D eigenvalue weighted by Gasteiger charge is -2.39. The molecular weight excluding hydrogens is 427 g/mol. The van der Waals surface area contributed by atoms with Gasteiger partial charge in [-0.15, -0.1) is 0 Å². The average Bonchev–Trinajstić information content (AvgIpc) is 3.28. The van der Waals surface area contributed by atoms with E-state index < -0.39 is 0 Å². The SMILES string of the molecule is C=NN1C=C(C)C(N2CC[C@H](N)C2)=N/C1=C/C[C@@H]1CCCCN1C(=C)c1c(F)cccc1CC. The molecule has 1 aromatic carbocycles. The lowest BCUT2D eigenvalue weighted by molar-refractivity contribution is 0.227. The first kappa shape index (κ1) is 24.2. The van der Waals surface area contributed by atoms with Gasteiger partial charge in [0.25, 0.3) is 0 Å². The Balaban J connectivity index is 1.57. The van der Waals surface area contributed by atoms with E-state index in [2.05, 4.69) is 41.2 Å². The summed E-state index contributed by atoms with van der Waals surface area (Å²) in [5.74, 6) is 1.54. The first-order valence-electron chi connectivity index (χ1n) is 12.4. The third-order valence-corrected chi connectivity index (χ3v) is 7.12. The summed E-state index contributed by atoms with van der Waals surface area (Å²) in [7, 11) is 0. The van der Waals surface area contributed by atoms with Gasteiger partial charge in [-0.3, -0.25) is 0 Å². The predicted molar refractivity (Wildman–Crippen MR) is 139 cm³/mol. The van der Waals surface area contributed by atoms with Gasteiger partial charge in [-0.25, -0.2) is 14.4 Å². The minimum Gasteiger partial charge on any atom is -0.368 e. The highest BCUT2D eigenvalue weighted by Gasteiger charge is 2.28. The summed E-state index contributed by atoms with van der Waals surface area (Å²) in [5, 5.41) is 5.90. The minimum absolute atomic E-state index is 0.187. The van der Waals surface area contributed by atoms with E-state index in [1.165, 1.54) is 6.07 Å². The minimum atomic E-state index is -0.194. The molecule has 2 saturated heterocycles. The fourth-order valence-corrected chi connectivity index (χ4v) is 5.28. The van der Waals surface area contributed by atoms with Crippen LogP contribution < -0.4 is 5.73 Å². The average molecular weight is 465 g/mol. The molecule has 0 saturated carbocycles. The van der Waals surface area contributed by atoms with E-state index in [4.69, 9.17) is 10.7 Å². The first-order valence-corrected chi connectivity index (χ1v) is 12.4. The van der Waals surface area contributed by atoms with Gasteiger partial charge >= 0.3 is 0 Å². The Kier molecular flexibility index (Phi) is 7.51. The predicted octanol–water partition coefficient (Wildman–Crippen LogP) is 4.71. The number of rotatable bonds is 6. The van der Waals surface area contributed by atoms with E-state index in [0.29, 0.717) is 5.56 Å². The molecule has 6 nitrogen and oxygen atoms in total.